The Morgan fingerprint density at radius 1 is 1.07 bits per heavy atom. The molecule has 0 spiro atoms. The largest absolute Gasteiger partial charge is 0.354 e. The van der Waals surface area contributed by atoms with Crippen molar-refractivity contribution in [3.8, 4) is 0 Å². The second-order valence-electron chi connectivity index (χ2n) is 7.99. The van der Waals surface area contributed by atoms with Gasteiger partial charge < -0.3 is 5.32 Å². The van der Waals surface area contributed by atoms with E-state index in [0.717, 1.165) is 25.4 Å². The van der Waals surface area contributed by atoms with E-state index in [2.05, 4.69) is 46.3 Å². The first-order chi connectivity index (χ1) is 13.2. The van der Waals surface area contributed by atoms with Crippen LogP contribution >= 0.6 is 11.8 Å². The molecule has 1 aromatic rings. The van der Waals surface area contributed by atoms with E-state index in [1.165, 1.54) is 62.1 Å². The predicted octanol–water partition coefficient (Wildman–Crippen LogP) is 3.54. The van der Waals surface area contributed by atoms with Crippen LogP contribution in [-0.2, 0) is 4.79 Å². The normalized spacial score (nSPS) is 22.3. The third-order valence-corrected chi connectivity index (χ3v) is 6.73. The minimum absolute atomic E-state index is 0.177. The number of benzene rings is 1. The van der Waals surface area contributed by atoms with Gasteiger partial charge in [0.1, 0.15) is 0 Å². The van der Waals surface area contributed by atoms with Crippen molar-refractivity contribution in [1.29, 1.82) is 0 Å². The number of carbonyl (C=O) groups is 1. The highest BCUT2D eigenvalue weighted by Crippen LogP contribution is 2.20. The summed E-state index contributed by atoms with van der Waals surface area (Å²) >= 11 is 1.80. The van der Waals surface area contributed by atoms with Gasteiger partial charge in [-0.1, -0.05) is 30.5 Å². The van der Waals surface area contributed by atoms with Gasteiger partial charge >= 0.3 is 0 Å². The lowest BCUT2D eigenvalue weighted by molar-refractivity contribution is -0.122. The van der Waals surface area contributed by atoms with Gasteiger partial charge in [-0.3, -0.25) is 14.6 Å². The third-order valence-electron chi connectivity index (χ3n) is 5.72. The molecule has 0 aliphatic carbocycles. The van der Waals surface area contributed by atoms with Crippen molar-refractivity contribution in [3.63, 3.8) is 0 Å². The van der Waals surface area contributed by atoms with E-state index in [-0.39, 0.29) is 5.91 Å². The number of thioether (sulfide) groups is 1. The fraction of sp³-hybridized carbons (Fsp3) is 0.682. The molecule has 2 saturated heterocycles. The molecule has 3 rings (SSSR count). The molecule has 1 aromatic carbocycles. The van der Waals surface area contributed by atoms with Crippen molar-refractivity contribution in [2.45, 2.75) is 56.4 Å². The van der Waals surface area contributed by atoms with Crippen molar-refractivity contribution >= 4 is 17.7 Å². The van der Waals surface area contributed by atoms with E-state index in [1.54, 1.807) is 11.8 Å². The Morgan fingerprint density at radius 3 is 2.56 bits per heavy atom. The van der Waals surface area contributed by atoms with Gasteiger partial charge in [0, 0.05) is 29.8 Å². The Morgan fingerprint density at radius 2 is 1.81 bits per heavy atom. The number of nitrogens with one attached hydrogen (secondary N) is 1. The maximum absolute atomic E-state index is 12.3. The SMILES string of the molecule is Cc1ccc(SCCNC(=O)CN2CCCC(N3CCCCCC3)C2)cc1. The number of rotatable bonds is 7. The Kier molecular flexibility index (Phi) is 8.49. The molecule has 27 heavy (non-hydrogen) atoms. The number of carbonyl (C=O) groups excluding carboxylic acids is 1. The molecule has 1 unspecified atom stereocenters. The van der Waals surface area contributed by atoms with Gasteiger partial charge in [-0.25, -0.2) is 0 Å². The van der Waals surface area contributed by atoms with Gasteiger partial charge in [0.15, 0.2) is 0 Å². The highest BCUT2D eigenvalue weighted by atomic mass is 32.2. The van der Waals surface area contributed by atoms with E-state index in [0.29, 0.717) is 12.6 Å². The first kappa shape index (κ1) is 20.7. The molecule has 4 nitrogen and oxygen atoms in total. The Labute approximate surface area is 169 Å². The highest BCUT2D eigenvalue weighted by Gasteiger charge is 2.26. The summed E-state index contributed by atoms with van der Waals surface area (Å²) < 4.78 is 0. The first-order valence-corrected chi connectivity index (χ1v) is 11.6. The van der Waals surface area contributed by atoms with Gasteiger partial charge in [-0.15, -0.1) is 11.8 Å². The van der Waals surface area contributed by atoms with Crippen LogP contribution in [0.15, 0.2) is 29.2 Å². The molecular weight excluding hydrogens is 354 g/mol. The second kappa shape index (κ2) is 11.1. The number of aryl methyl sites for hydroxylation is 1. The van der Waals surface area contributed by atoms with Crippen LogP contribution in [0.3, 0.4) is 0 Å². The molecule has 2 fully saturated rings. The molecule has 1 atom stereocenters. The first-order valence-electron chi connectivity index (χ1n) is 10.6. The van der Waals surface area contributed by atoms with Crippen LogP contribution in [0.25, 0.3) is 0 Å². The minimum atomic E-state index is 0.177. The Bertz CT molecular complexity index is 569. The van der Waals surface area contributed by atoms with Crippen LogP contribution in [0.2, 0.25) is 0 Å². The van der Waals surface area contributed by atoms with Crippen molar-refractivity contribution in [1.82, 2.24) is 15.1 Å². The number of nitrogens with zero attached hydrogens (tertiary/aromatic N) is 2. The zero-order chi connectivity index (χ0) is 18.9. The monoisotopic (exact) mass is 389 g/mol. The van der Waals surface area contributed by atoms with E-state index in [9.17, 15) is 4.79 Å². The smallest absolute Gasteiger partial charge is 0.234 e. The van der Waals surface area contributed by atoms with Crippen LogP contribution in [0.4, 0.5) is 0 Å². The number of hydrogen-bond acceptors (Lipinski definition) is 4. The molecule has 0 bridgehead atoms. The van der Waals surface area contributed by atoms with Crippen LogP contribution in [0.5, 0.6) is 0 Å². The summed E-state index contributed by atoms with van der Waals surface area (Å²) in [4.78, 5) is 18.7. The molecule has 0 aromatic heterocycles. The molecular formula is C22H35N3OS. The van der Waals surface area contributed by atoms with Gasteiger partial charge in [0.2, 0.25) is 5.91 Å². The lowest BCUT2D eigenvalue weighted by Crippen LogP contribution is -2.50. The molecule has 150 valence electrons. The zero-order valence-electron chi connectivity index (χ0n) is 16.8. The summed E-state index contributed by atoms with van der Waals surface area (Å²) in [6.07, 6.45) is 7.97. The van der Waals surface area contributed by atoms with Crippen LogP contribution in [0.1, 0.15) is 44.1 Å². The predicted molar refractivity (Wildman–Crippen MR) is 114 cm³/mol. The number of likely N-dealkylation sites (tertiary alicyclic amines) is 2. The summed E-state index contributed by atoms with van der Waals surface area (Å²) in [6, 6.07) is 9.23. The molecule has 1 N–H and O–H groups in total. The van der Waals surface area contributed by atoms with Crippen molar-refractivity contribution in [2.75, 3.05) is 45.0 Å². The van der Waals surface area contributed by atoms with Gasteiger partial charge in [0.25, 0.3) is 0 Å². The van der Waals surface area contributed by atoms with E-state index in [1.807, 2.05) is 0 Å². The Balaban J connectivity index is 1.34. The summed E-state index contributed by atoms with van der Waals surface area (Å²) in [7, 11) is 0. The van der Waals surface area contributed by atoms with E-state index >= 15 is 0 Å². The summed E-state index contributed by atoms with van der Waals surface area (Å²) in [5, 5.41) is 3.10. The topological polar surface area (TPSA) is 35.6 Å². The fourth-order valence-electron chi connectivity index (χ4n) is 4.19. The Hall–Kier alpha value is -1.04. The van der Waals surface area contributed by atoms with Crippen molar-refractivity contribution in [2.24, 2.45) is 0 Å². The lowest BCUT2D eigenvalue weighted by atomic mass is 10.0. The molecule has 0 radical (unpaired) electrons. The summed E-state index contributed by atoms with van der Waals surface area (Å²) in [6.45, 7) is 8.02. The van der Waals surface area contributed by atoms with E-state index in [4.69, 9.17) is 0 Å². The molecule has 5 heteroatoms. The quantitative estimate of drug-likeness (QED) is 0.571. The van der Waals surface area contributed by atoms with Crippen LogP contribution in [-0.4, -0.2) is 66.8 Å². The van der Waals surface area contributed by atoms with E-state index < -0.39 is 0 Å². The van der Waals surface area contributed by atoms with Crippen LogP contribution < -0.4 is 5.32 Å². The van der Waals surface area contributed by atoms with Crippen molar-refractivity contribution < 1.29 is 4.79 Å². The number of hydrogen-bond donors (Lipinski definition) is 1. The standard InChI is InChI=1S/C22H35N3OS/c1-19-8-10-21(11-9-19)27-16-12-23-22(26)18-24-13-6-7-20(17-24)25-14-4-2-3-5-15-25/h8-11,20H,2-7,12-18H2,1H3,(H,23,26). The van der Waals surface area contributed by atoms with Gasteiger partial charge in [-0.05, 0) is 64.4 Å². The molecule has 1 amide bonds. The molecule has 2 heterocycles. The summed E-state index contributed by atoms with van der Waals surface area (Å²) in [5.41, 5.74) is 1.28. The third kappa shape index (κ3) is 7.13. The van der Waals surface area contributed by atoms with Crippen molar-refractivity contribution in [3.05, 3.63) is 29.8 Å². The highest BCUT2D eigenvalue weighted by molar-refractivity contribution is 7.99. The van der Waals surface area contributed by atoms with Crippen LogP contribution in [0, 0.1) is 6.92 Å². The minimum Gasteiger partial charge on any atom is -0.354 e. The lowest BCUT2D eigenvalue weighted by Gasteiger charge is -2.38. The maximum Gasteiger partial charge on any atom is 0.234 e. The average molecular weight is 390 g/mol. The zero-order valence-corrected chi connectivity index (χ0v) is 17.6. The molecule has 2 aliphatic rings. The molecule has 2 aliphatic heterocycles. The maximum atomic E-state index is 12.3. The van der Waals surface area contributed by atoms with Gasteiger partial charge in [0.05, 0.1) is 6.54 Å². The second-order valence-corrected chi connectivity index (χ2v) is 9.16. The summed E-state index contributed by atoms with van der Waals surface area (Å²) in [5.74, 6) is 1.10. The molecule has 0 saturated carbocycles. The number of amides is 1. The average Bonchev–Trinajstić information content (AvgIpc) is 2.96. The van der Waals surface area contributed by atoms with Gasteiger partial charge in [-0.2, -0.15) is 0 Å². The number of piperidine rings is 1. The fourth-order valence-corrected chi connectivity index (χ4v) is 4.95.